The van der Waals surface area contributed by atoms with E-state index in [0.717, 1.165) is 31.3 Å². The lowest BCUT2D eigenvalue weighted by molar-refractivity contribution is -0.157. The van der Waals surface area contributed by atoms with Crippen molar-refractivity contribution >= 4 is 17.5 Å². The summed E-state index contributed by atoms with van der Waals surface area (Å²) in [7, 11) is 7.51. The molecule has 3 rings (SSSR count). The van der Waals surface area contributed by atoms with Gasteiger partial charge in [0, 0.05) is 40.4 Å². The standard InChI is InChI=1S/C17H28N6O3/c1-21(2)14-7-15(20-12-19-14)23-10-17(11-23)9-22(3)13(8-26-17)16(24)18-5-6-25-4/h7,12-13H,5-6,8-11H2,1-4H3,(H,18,24)/t13-/m1/s1. The number of nitrogens with one attached hydrogen (secondary N) is 1. The van der Waals surface area contributed by atoms with Crippen LogP contribution in [-0.2, 0) is 14.3 Å². The first-order valence-electron chi connectivity index (χ1n) is 8.79. The molecule has 3 heterocycles. The first kappa shape index (κ1) is 18.8. The topological polar surface area (TPSA) is 83.1 Å². The molecule has 9 heteroatoms. The van der Waals surface area contributed by atoms with E-state index in [1.165, 1.54) is 0 Å². The Balaban J connectivity index is 1.54. The van der Waals surface area contributed by atoms with Crippen LogP contribution >= 0.6 is 0 Å². The van der Waals surface area contributed by atoms with Gasteiger partial charge in [-0.15, -0.1) is 0 Å². The molecule has 1 atom stereocenters. The molecule has 2 fully saturated rings. The summed E-state index contributed by atoms with van der Waals surface area (Å²) in [6.07, 6.45) is 1.59. The summed E-state index contributed by atoms with van der Waals surface area (Å²) in [6, 6.07) is 1.72. The molecule has 0 unspecified atom stereocenters. The zero-order valence-electron chi connectivity index (χ0n) is 15.9. The first-order chi connectivity index (χ1) is 12.4. The Hall–Kier alpha value is -1.97. The predicted molar refractivity (Wildman–Crippen MR) is 98.6 cm³/mol. The quantitative estimate of drug-likeness (QED) is 0.657. The van der Waals surface area contributed by atoms with Crippen molar-refractivity contribution in [3.05, 3.63) is 12.4 Å². The lowest BCUT2D eigenvalue weighted by atomic mass is 9.90. The second-order valence-electron chi connectivity index (χ2n) is 7.19. The van der Waals surface area contributed by atoms with Crippen molar-refractivity contribution in [2.45, 2.75) is 11.6 Å². The van der Waals surface area contributed by atoms with Crippen LogP contribution in [0, 0.1) is 0 Å². The molecule has 1 amide bonds. The van der Waals surface area contributed by atoms with E-state index in [1.54, 1.807) is 13.4 Å². The highest BCUT2D eigenvalue weighted by atomic mass is 16.5. The number of nitrogens with zero attached hydrogens (tertiary/aromatic N) is 5. The van der Waals surface area contributed by atoms with E-state index in [4.69, 9.17) is 9.47 Å². The molecule has 0 aromatic carbocycles. The van der Waals surface area contributed by atoms with Crippen LogP contribution in [0.4, 0.5) is 11.6 Å². The van der Waals surface area contributed by atoms with Crippen LogP contribution in [0.3, 0.4) is 0 Å². The summed E-state index contributed by atoms with van der Waals surface area (Å²) in [4.78, 5) is 27.1. The number of hydrogen-bond donors (Lipinski definition) is 1. The minimum Gasteiger partial charge on any atom is -0.383 e. The Labute approximate surface area is 154 Å². The van der Waals surface area contributed by atoms with E-state index in [0.29, 0.717) is 19.8 Å². The third-order valence-electron chi connectivity index (χ3n) is 4.90. The van der Waals surface area contributed by atoms with Gasteiger partial charge in [0.1, 0.15) is 29.6 Å². The molecule has 1 spiro atoms. The number of likely N-dealkylation sites (N-methyl/N-ethyl adjacent to an activating group) is 1. The van der Waals surface area contributed by atoms with Gasteiger partial charge in [0.2, 0.25) is 5.91 Å². The number of ether oxygens (including phenoxy) is 2. The number of carbonyl (C=O) groups excluding carboxylic acids is 1. The summed E-state index contributed by atoms with van der Waals surface area (Å²) < 4.78 is 11.1. The Kier molecular flexibility index (Phi) is 5.59. The third kappa shape index (κ3) is 3.89. The fourth-order valence-electron chi connectivity index (χ4n) is 3.42. The van der Waals surface area contributed by atoms with E-state index in [9.17, 15) is 4.79 Å². The largest absolute Gasteiger partial charge is 0.383 e. The van der Waals surface area contributed by atoms with E-state index in [2.05, 4.69) is 25.1 Å². The van der Waals surface area contributed by atoms with Crippen molar-refractivity contribution < 1.29 is 14.3 Å². The molecule has 1 N–H and O–H groups in total. The van der Waals surface area contributed by atoms with Crippen molar-refractivity contribution in [2.24, 2.45) is 0 Å². The smallest absolute Gasteiger partial charge is 0.239 e. The number of carbonyl (C=O) groups is 1. The van der Waals surface area contributed by atoms with Gasteiger partial charge in [-0.2, -0.15) is 0 Å². The zero-order valence-corrected chi connectivity index (χ0v) is 15.9. The first-order valence-corrected chi connectivity index (χ1v) is 8.79. The highest BCUT2D eigenvalue weighted by Crippen LogP contribution is 2.33. The number of rotatable bonds is 6. The van der Waals surface area contributed by atoms with Crippen molar-refractivity contribution in [3.8, 4) is 0 Å². The van der Waals surface area contributed by atoms with Gasteiger partial charge in [0.25, 0.3) is 0 Å². The molecule has 2 aliphatic heterocycles. The molecule has 0 radical (unpaired) electrons. The summed E-state index contributed by atoms with van der Waals surface area (Å²) >= 11 is 0. The normalized spacial score (nSPS) is 22.2. The molecule has 144 valence electrons. The van der Waals surface area contributed by atoms with Crippen LogP contribution in [-0.4, -0.2) is 100 Å². The average molecular weight is 364 g/mol. The van der Waals surface area contributed by atoms with Gasteiger partial charge in [-0.25, -0.2) is 9.97 Å². The lowest BCUT2D eigenvalue weighted by Crippen LogP contribution is -2.72. The van der Waals surface area contributed by atoms with E-state index >= 15 is 0 Å². The lowest BCUT2D eigenvalue weighted by Gasteiger charge is -2.55. The molecule has 1 aromatic rings. The van der Waals surface area contributed by atoms with Crippen LogP contribution < -0.4 is 15.1 Å². The van der Waals surface area contributed by atoms with E-state index in [1.807, 2.05) is 32.1 Å². The van der Waals surface area contributed by atoms with Crippen molar-refractivity contribution in [1.82, 2.24) is 20.2 Å². The second kappa shape index (κ2) is 7.73. The maximum absolute atomic E-state index is 12.3. The Morgan fingerprint density at radius 2 is 2.19 bits per heavy atom. The molecule has 2 aliphatic rings. The monoisotopic (exact) mass is 364 g/mol. The zero-order chi connectivity index (χ0) is 18.7. The van der Waals surface area contributed by atoms with Gasteiger partial charge >= 0.3 is 0 Å². The van der Waals surface area contributed by atoms with Gasteiger partial charge in [-0.3, -0.25) is 9.69 Å². The summed E-state index contributed by atoms with van der Waals surface area (Å²) in [5.74, 6) is 1.77. The van der Waals surface area contributed by atoms with Crippen molar-refractivity contribution in [1.29, 1.82) is 0 Å². The number of methoxy groups -OCH3 is 1. The summed E-state index contributed by atoms with van der Waals surface area (Å²) in [6.45, 7) is 3.67. The molecule has 1 aromatic heterocycles. The predicted octanol–water partition coefficient (Wildman–Crippen LogP) is -0.805. The number of amides is 1. The van der Waals surface area contributed by atoms with Crippen LogP contribution in [0.5, 0.6) is 0 Å². The molecule has 9 nitrogen and oxygen atoms in total. The molecule has 26 heavy (non-hydrogen) atoms. The Bertz CT molecular complexity index is 635. The Morgan fingerprint density at radius 3 is 2.85 bits per heavy atom. The molecule has 2 saturated heterocycles. The second-order valence-corrected chi connectivity index (χ2v) is 7.19. The van der Waals surface area contributed by atoms with E-state index < -0.39 is 0 Å². The number of aromatic nitrogens is 2. The van der Waals surface area contributed by atoms with Crippen molar-refractivity contribution in [3.63, 3.8) is 0 Å². The van der Waals surface area contributed by atoms with Crippen molar-refractivity contribution in [2.75, 3.05) is 77.4 Å². The molecule has 0 aliphatic carbocycles. The fourth-order valence-corrected chi connectivity index (χ4v) is 3.42. The van der Waals surface area contributed by atoms with Crippen LogP contribution in [0.25, 0.3) is 0 Å². The van der Waals surface area contributed by atoms with Gasteiger partial charge in [0.05, 0.1) is 26.3 Å². The minimum absolute atomic E-state index is 0.0120. The van der Waals surface area contributed by atoms with E-state index in [-0.39, 0.29) is 17.6 Å². The number of anilines is 2. The minimum atomic E-state index is -0.258. The maximum Gasteiger partial charge on any atom is 0.239 e. The Morgan fingerprint density at radius 1 is 1.42 bits per heavy atom. The van der Waals surface area contributed by atoms with Gasteiger partial charge < -0.3 is 24.6 Å². The SMILES string of the molecule is COCCNC(=O)[C@H]1COC2(CN(c3cc(N(C)C)ncn3)C2)CN1C. The van der Waals surface area contributed by atoms with Gasteiger partial charge in [-0.05, 0) is 7.05 Å². The molecule has 0 saturated carbocycles. The van der Waals surface area contributed by atoms with Gasteiger partial charge in [-0.1, -0.05) is 0 Å². The van der Waals surface area contributed by atoms with Crippen LogP contribution in [0.1, 0.15) is 0 Å². The molecular weight excluding hydrogens is 336 g/mol. The number of morpholine rings is 1. The van der Waals surface area contributed by atoms with Crippen LogP contribution in [0.15, 0.2) is 12.4 Å². The highest BCUT2D eigenvalue weighted by molar-refractivity contribution is 5.82. The average Bonchev–Trinajstić information content (AvgIpc) is 2.59. The fraction of sp³-hybridized carbons (Fsp3) is 0.706. The highest BCUT2D eigenvalue weighted by Gasteiger charge is 2.50. The maximum atomic E-state index is 12.3. The van der Waals surface area contributed by atoms with Gasteiger partial charge in [0.15, 0.2) is 0 Å². The number of hydrogen-bond acceptors (Lipinski definition) is 8. The summed E-state index contributed by atoms with van der Waals surface area (Å²) in [5.41, 5.74) is -0.235. The molecule has 0 bridgehead atoms. The third-order valence-corrected chi connectivity index (χ3v) is 4.90. The molecular formula is C17H28N6O3. The van der Waals surface area contributed by atoms with Crippen LogP contribution in [0.2, 0.25) is 0 Å². The summed E-state index contributed by atoms with van der Waals surface area (Å²) in [5, 5.41) is 2.88.